The molecule has 1 atom stereocenters. The minimum absolute atomic E-state index is 0.0339. The Kier molecular flexibility index (Phi) is 4.30. The Morgan fingerprint density at radius 2 is 2.21 bits per heavy atom. The van der Waals surface area contributed by atoms with Crippen LogP contribution in [-0.4, -0.2) is 23.2 Å². The number of pyridine rings is 1. The van der Waals surface area contributed by atoms with E-state index in [1.807, 2.05) is 19.2 Å². The van der Waals surface area contributed by atoms with Gasteiger partial charge in [-0.15, -0.1) is 0 Å². The van der Waals surface area contributed by atoms with Gasteiger partial charge < -0.3 is 15.8 Å². The molecule has 0 aliphatic carbocycles. The lowest BCUT2D eigenvalue weighted by molar-refractivity contribution is -0.0864. The Labute approximate surface area is 115 Å². The second-order valence-corrected chi connectivity index (χ2v) is 5.50. The van der Waals surface area contributed by atoms with Crippen molar-refractivity contribution in [3.63, 3.8) is 0 Å². The van der Waals surface area contributed by atoms with Crippen LogP contribution in [0.15, 0.2) is 12.3 Å². The van der Waals surface area contributed by atoms with Crippen molar-refractivity contribution in [1.82, 2.24) is 4.98 Å². The fourth-order valence-electron chi connectivity index (χ4n) is 2.72. The Morgan fingerprint density at radius 1 is 1.47 bits per heavy atom. The van der Waals surface area contributed by atoms with E-state index in [-0.39, 0.29) is 5.60 Å². The van der Waals surface area contributed by atoms with Gasteiger partial charge in [-0.2, -0.15) is 0 Å². The normalized spacial score (nSPS) is 22.2. The van der Waals surface area contributed by atoms with Crippen LogP contribution in [0.4, 0.5) is 11.5 Å². The van der Waals surface area contributed by atoms with Crippen molar-refractivity contribution in [1.29, 1.82) is 0 Å². The van der Waals surface area contributed by atoms with Crippen LogP contribution < -0.4 is 11.1 Å². The highest BCUT2D eigenvalue weighted by atomic mass is 16.5. The summed E-state index contributed by atoms with van der Waals surface area (Å²) in [4.78, 5) is 4.40. The number of anilines is 2. The van der Waals surface area contributed by atoms with Gasteiger partial charge in [-0.3, -0.25) is 0 Å². The predicted octanol–water partition coefficient (Wildman–Crippen LogP) is 3.12. The number of hydrogen-bond acceptors (Lipinski definition) is 4. The molecular weight excluding hydrogens is 238 g/mol. The molecule has 2 rings (SSSR count). The van der Waals surface area contributed by atoms with Gasteiger partial charge in [-0.25, -0.2) is 4.98 Å². The van der Waals surface area contributed by atoms with E-state index < -0.39 is 0 Å². The number of rotatable bonds is 4. The van der Waals surface area contributed by atoms with Gasteiger partial charge in [-0.1, -0.05) is 13.8 Å². The first-order valence-electron chi connectivity index (χ1n) is 7.21. The molecule has 0 radical (unpaired) electrons. The first-order chi connectivity index (χ1) is 9.08. The van der Waals surface area contributed by atoms with E-state index in [0.717, 1.165) is 49.4 Å². The average molecular weight is 263 g/mol. The van der Waals surface area contributed by atoms with Crippen LogP contribution in [0.25, 0.3) is 0 Å². The summed E-state index contributed by atoms with van der Waals surface area (Å²) in [6.07, 6.45) is 6.01. The maximum absolute atomic E-state index is 5.99. The third kappa shape index (κ3) is 3.18. The van der Waals surface area contributed by atoms with Gasteiger partial charge in [0, 0.05) is 30.6 Å². The fraction of sp³-hybridized carbons (Fsp3) is 0.667. The summed E-state index contributed by atoms with van der Waals surface area (Å²) in [7, 11) is 0. The first kappa shape index (κ1) is 14.1. The Morgan fingerprint density at radius 3 is 2.84 bits per heavy atom. The van der Waals surface area contributed by atoms with Crippen LogP contribution >= 0.6 is 0 Å². The maximum Gasteiger partial charge on any atom is 0.128 e. The molecule has 0 bridgehead atoms. The van der Waals surface area contributed by atoms with Crippen molar-refractivity contribution >= 4 is 11.5 Å². The number of hydrogen-bond donors (Lipinski definition) is 2. The van der Waals surface area contributed by atoms with E-state index in [9.17, 15) is 0 Å². The van der Waals surface area contributed by atoms with Crippen molar-refractivity contribution in [2.75, 3.05) is 17.7 Å². The zero-order chi connectivity index (χ0) is 13.9. The van der Waals surface area contributed by atoms with Crippen LogP contribution in [0.2, 0.25) is 0 Å². The third-order valence-electron chi connectivity index (χ3n) is 4.28. The van der Waals surface area contributed by atoms with Crippen LogP contribution in [-0.2, 0) is 4.74 Å². The zero-order valence-electron chi connectivity index (χ0n) is 12.2. The monoisotopic (exact) mass is 263 g/mol. The second-order valence-electron chi connectivity index (χ2n) is 5.50. The molecule has 0 saturated carbocycles. The average Bonchev–Trinajstić information content (AvgIpc) is 2.43. The number of nitrogens with two attached hydrogens (primary N) is 1. The molecule has 3 N–H and O–H groups in total. The van der Waals surface area contributed by atoms with Gasteiger partial charge in [0.05, 0.1) is 5.60 Å². The highest BCUT2D eigenvalue weighted by Gasteiger charge is 2.34. The number of nitrogens with one attached hydrogen (secondary N) is 1. The van der Waals surface area contributed by atoms with Crippen LogP contribution in [0.1, 0.15) is 45.1 Å². The summed E-state index contributed by atoms with van der Waals surface area (Å²) in [5.74, 6) is 0.871. The minimum Gasteiger partial charge on any atom is -0.398 e. The van der Waals surface area contributed by atoms with Gasteiger partial charge >= 0.3 is 0 Å². The summed E-state index contributed by atoms with van der Waals surface area (Å²) in [5, 5.41) is 3.50. The molecule has 0 spiro atoms. The van der Waals surface area contributed by atoms with Gasteiger partial charge in [0.1, 0.15) is 5.82 Å². The van der Waals surface area contributed by atoms with E-state index in [4.69, 9.17) is 10.5 Å². The zero-order valence-corrected chi connectivity index (χ0v) is 12.2. The number of ether oxygens (including phenoxy) is 1. The standard InChI is InChI=1S/C15H25N3O/c1-4-15(5-2)9-12(6-7-19-15)18-14-8-13(16)11(3)10-17-14/h8,10,12H,4-7,9H2,1-3H3,(H3,16,17,18). The first-order valence-corrected chi connectivity index (χ1v) is 7.21. The highest BCUT2D eigenvalue weighted by Crippen LogP contribution is 2.32. The number of aryl methyl sites for hydroxylation is 1. The molecule has 0 aromatic carbocycles. The van der Waals surface area contributed by atoms with E-state index in [1.165, 1.54) is 0 Å². The number of nitrogen functional groups attached to an aromatic ring is 1. The molecule has 1 saturated heterocycles. The lowest BCUT2D eigenvalue weighted by Crippen LogP contribution is -2.43. The number of aromatic nitrogens is 1. The summed E-state index contributed by atoms with van der Waals surface area (Å²) in [5.41, 5.74) is 7.78. The fourth-order valence-corrected chi connectivity index (χ4v) is 2.72. The SMILES string of the molecule is CCC1(CC)CC(Nc2cc(N)c(C)cn2)CCO1. The maximum atomic E-state index is 5.99. The lowest BCUT2D eigenvalue weighted by Gasteiger charge is -2.40. The topological polar surface area (TPSA) is 60.2 Å². The van der Waals surface area contributed by atoms with Crippen LogP contribution in [0, 0.1) is 6.92 Å². The van der Waals surface area contributed by atoms with Gasteiger partial charge in [0.2, 0.25) is 0 Å². The smallest absolute Gasteiger partial charge is 0.128 e. The van der Waals surface area contributed by atoms with Crippen molar-refractivity contribution in [2.45, 2.75) is 58.1 Å². The van der Waals surface area contributed by atoms with Crippen LogP contribution in [0.3, 0.4) is 0 Å². The summed E-state index contributed by atoms with van der Waals surface area (Å²) in [6, 6.07) is 2.34. The van der Waals surface area contributed by atoms with Gasteiger partial charge in [-0.05, 0) is 38.2 Å². The van der Waals surface area contributed by atoms with Crippen molar-refractivity contribution in [3.05, 3.63) is 17.8 Å². The minimum atomic E-state index is 0.0339. The molecule has 1 aromatic heterocycles. The molecule has 1 unspecified atom stereocenters. The van der Waals surface area contributed by atoms with E-state index in [2.05, 4.69) is 24.1 Å². The lowest BCUT2D eigenvalue weighted by atomic mass is 9.86. The molecule has 2 heterocycles. The molecule has 1 fully saturated rings. The summed E-state index contributed by atoms with van der Waals surface area (Å²) >= 11 is 0. The van der Waals surface area contributed by atoms with Gasteiger partial charge in [0.15, 0.2) is 0 Å². The van der Waals surface area contributed by atoms with Crippen molar-refractivity contribution in [3.8, 4) is 0 Å². The Hall–Kier alpha value is -1.29. The van der Waals surface area contributed by atoms with E-state index in [1.54, 1.807) is 0 Å². The molecule has 1 aromatic rings. The van der Waals surface area contributed by atoms with Gasteiger partial charge in [0.25, 0.3) is 0 Å². The second kappa shape index (κ2) is 5.78. The molecule has 1 aliphatic heterocycles. The van der Waals surface area contributed by atoms with Crippen LogP contribution in [0.5, 0.6) is 0 Å². The summed E-state index contributed by atoms with van der Waals surface area (Å²) < 4.78 is 5.99. The molecule has 19 heavy (non-hydrogen) atoms. The molecule has 0 amide bonds. The molecule has 1 aliphatic rings. The molecule has 106 valence electrons. The predicted molar refractivity (Wildman–Crippen MR) is 79.3 cm³/mol. The summed E-state index contributed by atoms with van der Waals surface area (Å²) in [6.45, 7) is 7.20. The molecule has 4 nitrogen and oxygen atoms in total. The Bertz CT molecular complexity index is 429. The van der Waals surface area contributed by atoms with E-state index in [0.29, 0.717) is 6.04 Å². The highest BCUT2D eigenvalue weighted by molar-refractivity contribution is 5.53. The number of nitrogens with zero attached hydrogens (tertiary/aromatic N) is 1. The van der Waals surface area contributed by atoms with E-state index >= 15 is 0 Å². The molecule has 4 heteroatoms. The molecular formula is C15H25N3O. The third-order valence-corrected chi connectivity index (χ3v) is 4.28. The quantitative estimate of drug-likeness (QED) is 0.876. The van der Waals surface area contributed by atoms with Crippen molar-refractivity contribution in [2.24, 2.45) is 0 Å². The largest absolute Gasteiger partial charge is 0.398 e. The Balaban J connectivity index is 2.04. The van der Waals surface area contributed by atoms with Crippen molar-refractivity contribution < 1.29 is 4.74 Å².